The van der Waals surface area contributed by atoms with Crippen LogP contribution < -0.4 is 0 Å². The lowest BCUT2D eigenvalue weighted by Crippen LogP contribution is -2.16. The van der Waals surface area contributed by atoms with Crippen LogP contribution in [-0.2, 0) is 9.47 Å². The molecule has 0 bridgehead atoms. The SMILES string of the molecule is CCOC(=O)c1cc(-c2ccccc2C)cc(-c2ccccc2C)c1C(=O)OCC. The van der Waals surface area contributed by atoms with Gasteiger partial charge in [-0.15, -0.1) is 0 Å². The van der Waals surface area contributed by atoms with E-state index in [-0.39, 0.29) is 24.3 Å². The second-order valence-corrected chi connectivity index (χ2v) is 7.02. The quantitative estimate of drug-likeness (QED) is 0.475. The van der Waals surface area contributed by atoms with Crippen LogP contribution in [-0.4, -0.2) is 25.2 Å². The number of hydrogen-bond acceptors (Lipinski definition) is 4. The van der Waals surface area contributed by atoms with Crippen LogP contribution in [0, 0.1) is 13.8 Å². The largest absolute Gasteiger partial charge is 0.462 e. The summed E-state index contributed by atoms with van der Waals surface area (Å²) in [6, 6.07) is 19.4. The van der Waals surface area contributed by atoms with Gasteiger partial charge in [-0.2, -0.15) is 0 Å². The van der Waals surface area contributed by atoms with Crippen LogP contribution in [0.4, 0.5) is 0 Å². The van der Waals surface area contributed by atoms with E-state index in [9.17, 15) is 9.59 Å². The van der Waals surface area contributed by atoms with Gasteiger partial charge < -0.3 is 9.47 Å². The Morgan fingerprint density at radius 2 is 1.23 bits per heavy atom. The molecule has 0 aliphatic carbocycles. The molecule has 3 rings (SSSR count). The van der Waals surface area contributed by atoms with Crippen LogP contribution in [0.2, 0.25) is 0 Å². The highest BCUT2D eigenvalue weighted by molar-refractivity contribution is 6.09. The molecule has 4 heteroatoms. The first kappa shape index (κ1) is 21.3. The fourth-order valence-electron chi connectivity index (χ4n) is 3.57. The number of esters is 2. The molecular formula is C26H26O4. The summed E-state index contributed by atoms with van der Waals surface area (Å²) in [6.45, 7) is 7.93. The second kappa shape index (κ2) is 9.40. The molecule has 0 unspecified atom stereocenters. The predicted octanol–water partition coefficient (Wildman–Crippen LogP) is 5.99. The van der Waals surface area contributed by atoms with E-state index >= 15 is 0 Å². The van der Waals surface area contributed by atoms with Crippen molar-refractivity contribution in [1.29, 1.82) is 0 Å². The monoisotopic (exact) mass is 402 g/mol. The van der Waals surface area contributed by atoms with Gasteiger partial charge in [0.05, 0.1) is 24.3 Å². The number of benzene rings is 3. The molecule has 0 amide bonds. The van der Waals surface area contributed by atoms with Crippen molar-refractivity contribution in [2.45, 2.75) is 27.7 Å². The topological polar surface area (TPSA) is 52.6 Å². The summed E-state index contributed by atoms with van der Waals surface area (Å²) in [5.41, 5.74) is 5.91. The zero-order chi connectivity index (χ0) is 21.7. The average molecular weight is 402 g/mol. The molecule has 0 atom stereocenters. The Morgan fingerprint density at radius 1 is 0.700 bits per heavy atom. The molecule has 0 heterocycles. The first-order chi connectivity index (χ1) is 14.5. The molecule has 0 radical (unpaired) electrons. The minimum atomic E-state index is -0.536. The Hall–Kier alpha value is -3.40. The Balaban J connectivity index is 2.39. The Labute approximate surface area is 177 Å². The summed E-state index contributed by atoms with van der Waals surface area (Å²) in [4.78, 5) is 25.8. The summed E-state index contributed by atoms with van der Waals surface area (Å²) >= 11 is 0. The molecule has 3 aromatic carbocycles. The van der Waals surface area contributed by atoms with Gasteiger partial charge in [-0.1, -0.05) is 48.5 Å². The van der Waals surface area contributed by atoms with Crippen LogP contribution in [0.15, 0.2) is 60.7 Å². The van der Waals surface area contributed by atoms with Crippen LogP contribution in [0.1, 0.15) is 45.7 Å². The van der Waals surface area contributed by atoms with E-state index in [1.165, 1.54) is 0 Å². The lowest BCUT2D eigenvalue weighted by Gasteiger charge is -2.18. The number of rotatable bonds is 6. The summed E-state index contributed by atoms with van der Waals surface area (Å²) in [5.74, 6) is -1.07. The van der Waals surface area contributed by atoms with Gasteiger partial charge in [0.2, 0.25) is 0 Å². The molecule has 0 saturated heterocycles. The molecule has 3 aromatic rings. The molecular weight excluding hydrogens is 376 g/mol. The van der Waals surface area contributed by atoms with Crippen molar-refractivity contribution in [3.8, 4) is 22.3 Å². The van der Waals surface area contributed by atoms with Crippen LogP contribution in [0.25, 0.3) is 22.3 Å². The van der Waals surface area contributed by atoms with E-state index in [4.69, 9.17) is 9.47 Å². The lowest BCUT2D eigenvalue weighted by atomic mass is 9.88. The number of carbonyl (C=O) groups is 2. The van der Waals surface area contributed by atoms with Crippen molar-refractivity contribution >= 4 is 11.9 Å². The van der Waals surface area contributed by atoms with Crippen LogP contribution >= 0.6 is 0 Å². The molecule has 0 spiro atoms. The molecule has 0 fully saturated rings. The third-order valence-electron chi connectivity index (χ3n) is 5.00. The first-order valence-electron chi connectivity index (χ1n) is 10.1. The number of hydrogen-bond donors (Lipinski definition) is 0. The van der Waals surface area contributed by atoms with E-state index in [2.05, 4.69) is 0 Å². The smallest absolute Gasteiger partial charge is 0.339 e. The standard InChI is InChI=1S/C26H26O4/c1-5-29-25(27)23-16-19(20-13-9-7-11-17(20)3)15-22(24(23)26(28)30-6-2)21-14-10-8-12-18(21)4/h7-16H,5-6H2,1-4H3. The Bertz CT molecular complexity index is 1080. The van der Waals surface area contributed by atoms with Gasteiger partial charge in [-0.3, -0.25) is 0 Å². The van der Waals surface area contributed by atoms with Crippen molar-refractivity contribution in [3.63, 3.8) is 0 Å². The van der Waals surface area contributed by atoms with Gasteiger partial charge >= 0.3 is 11.9 Å². The van der Waals surface area contributed by atoms with E-state index in [1.807, 2.05) is 68.4 Å². The highest BCUT2D eigenvalue weighted by Crippen LogP contribution is 2.36. The molecule has 154 valence electrons. The van der Waals surface area contributed by atoms with Crippen molar-refractivity contribution < 1.29 is 19.1 Å². The Morgan fingerprint density at radius 3 is 1.80 bits per heavy atom. The maximum atomic E-state index is 13.0. The summed E-state index contributed by atoms with van der Waals surface area (Å²) in [7, 11) is 0. The molecule has 0 aliphatic heterocycles. The highest BCUT2D eigenvalue weighted by Gasteiger charge is 2.26. The average Bonchev–Trinajstić information content (AvgIpc) is 2.74. The van der Waals surface area contributed by atoms with Gasteiger partial charge in [-0.05, 0) is 73.2 Å². The van der Waals surface area contributed by atoms with Gasteiger partial charge in [0.15, 0.2) is 0 Å². The highest BCUT2D eigenvalue weighted by atomic mass is 16.5. The molecule has 0 aromatic heterocycles. The number of aryl methyl sites for hydroxylation is 2. The van der Waals surface area contributed by atoms with E-state index in [0.29, 0.717) is 5.56 Å². The van der Waals surface area contributed by atoms with Crippen molar-refractivity contribution in [2.75, 3.05) is 13.2 Å². The fraction of sp³-hybridized carbons (Fsp3) is 0.231. The van der Waals surface area contributed by atoms with Crippen molar-refractivity contribution in [2.24, 2.45) is 0 Å². The minimum Gasteiger partial charge on any atom is -0.462 e. The second-order valence-electron chi connectivity index (χ2n) is 7.02. The van der Waals surface area contributed by atoms with Gasteiger partial charge in [0, 0.05) is 0 Å². The first-order valence-corrected chi connectivity index (χ1v) is 10.1. The van der Waals surface area contributed by atoms with Crippen LogP contribution in [0.3, 0.4) is 0 Å². The summed E-state index contributed by atoms with van der Waals surface area (Å²) in [6.07, 6.45) is 0. The third-order valence-corrected chi connectivity index (χ3v) is 5.00. The maximum Gasteiger partial charge on any atom is 0.339 e. The maximum absolute atomic E-state index is 13.0. The summed E-state index contributed by atoms with van der Waals surface area (Å²) in [5, 5.41) is 0. The third kappa shape index (κ3) is 4.28. The molecule has 30 heavy (non-hydrogen) atoms. The van der Waals surface area contributed by atoms with Gasteiger partial charge in [0.1, 0.15) is 0 Å². The summed E-state index contributed by atoms with van der Waals surface area (Å²) < 4.78 is 10.6. The zero-order valence-electron chi connectivity index (χ0n) is 17.8. The predicted molar refractivity (Wildman–Crippen MR) is 119 cm³/mol. The Kier molecular flexibility index (Phi) is 6.68. The van der Waals surface area contributed by atoms with E-state index in [1.54, 1.807) is 19.9 Å². The molecule has 0 N–H and O–H groups in total. The van der Waals surface area contributed by atoms with Crippen molar-refractivity contribution in [1.82, 2.24) is 0 Å². The van der Waals surface area contributed by atoms with Crippen molar-refractivity contribution in [3.05, 3.63) is 82.9 Å². The normalized spacial score (nSPS) is 10.5. The molecule has 0 saturated carbocycles. The van der Waals surface area contributed by atoms with Crippen LogP contribution in [0.5, 0.6) is 0 Å². The fourth-order valence-corrected chi connectivity index (χ4v) is 3.57. The lowest BCUT2D eigenvalue weighted by molar-refractivity contribution is 0.0479. The van der Waals surface area contributed by atoms with Gasteiger partial charge in [-0.25, -0.2) is 9.59 Å². The number of carbonyl (C=O) groups excluding carboxylic acids is 2. The molecule has 4 nitrogen and oxygen atoms in total. The minimum absolute atomic E-state index is 0.216. The van der Waals surface area contributed by atoms with E-state index in [0.717, 1.165) is 27.8 Å². The zero-order valence-corrected chi connectivity index (χ0v) is 17.8. The molecule has 0 aliphatic rings. The van der Waals surface area contributed by atoms with Gasteiger partial charge in [0.25, 0.3) is 0 Å². The number of ether oxygens (including phenoxy) is 2. The van der Waals surface area contributed by atoms with E-state index < -0.39 is 11.9 Å².